The molecule has 0 aromatic heterocycles. The quantitative estimate of drug-likeness (QED) is 0.377. The molecule has 0 aliphatic rings. The molecule has 5 heteroatoms. The maximum absolute atomic E-state index is 11.7. The largest absolute Gasteiger partial charge is 0.497 e. The van der Waals surface area contributed by atoms with Gasteiger partial charge in [-0.3, -0.25) is 0 Å². The number of benzene rings is 1. The van der Waals surface area contributed by atoms with Crippen molar-refractivity contribution in [1.29, 1.82) is 0 Å². The lowest BCUT2D eigenvalue weighted by atomic mass is 10.2. The van der Waals surface area contributed by atoms with E-state index in [1.165, 1.54) is 0 Å². The van der Waals surface area contributed by atoms with E-state index in [0.717, 1.165) is 30.3 Å². The molecule has 0 saturated carbocycles. The van der Waals surface area contributed by atoms with Gasteiger partial charge in [-0.2, -0.15) is 0 Å². The van der Waals surface area contributed by atoms with Crippen molar-refractivity contribution in [1.82, 2.24) is 0 Å². The summed E-state index contributed by atoms with van der Waals surface area (Å²) in [5.41, 5.74) is 0.555. The van der Waals surface area contributed by atoms with Crippen LogP contribution in [0.1, 0.15) is 29.6 Å². The fourth-order valence-electron chi connectivity index (χ4n) is 1.52. The van der Waals surface area contributed by atoms with Gasteiger partial charge in [0.05, 0.1) is 19.3 Å². The molecule has 0 radical (unpaired) electrons. The van der Waals surface area contributed by atoms with Gasteiger partial charge >= 0.3 is 5.97 Å². The van der Waals surface area contributed by atoms with Gasteiger partial charge in [-0.15, -0.1) is 0 Å². The summed E-state index contributed by atoms with van der Waals surface area (Å²) in [6, 6.07) is 6.92. The number of esters is 1. The second-order valence-electron chi connectivity index (χ2n) is 4.11. The third-order valence-corrected chi connectivity index (χ3v) is 5.07. The van der Waals surface area contributed by atoms with Gasteiger partial charge in [0, 0.05) is 10.2 Å². The fraction of sp³-hybridized carbons (Fsp3) is 0.500. The van der Waals surface area contributed by atoms with Gasteiger partial charge in [-0.1, -0.05) is 31.9 Å². The lowest BCUT2D eigenvalue weighted by molar-refractivity contribution is 0.0498. The molecule has 19 heavy (non-hydrogen) atoms. The van der Waals surface area contributed by atoms with Crippen LogP contribution in [0.15, 0.2) is 24.3 Å². The number of carbonyl (C=O) groups excluding carboxylic acids is 1. The van der Waals surface area contributed by atoms with E-state index in [0.29, 0.717) is 17.0 Å². The van der Waals surface area contributed by atoms with Crippen LogP contribution in [0.4, 0.5) is 0 Å². The number of halogens is 2. The van der Waals surface area contributed by atoms with Crippen molar-refractivity contribution in [3.05, 3.63) is 29.8 Å². The molecule has 0 amide bonds. The average molecular weight is 394 g/mol. The van der Waals surface area contributed by atoms with Crippen LogP contribution >= 0.6 is 31.9 Å². The standard InChI is InChI=1S/C14H18Br2O3/c1-18-13-7-5-11(6-8-13)14(17)19-9-3-2-4-12(16)10-15/h5-8,12H,2-4,9-10H2,1H3. The van der Waals surface area contributed by atoms with Crippen LogP contribution in [0, 0.1) is 0 Å². The minimum atomic E-state index is -0.279. The molecular weight excluding hydrogens is 376 g/mol. The second-order valence-corrected chi connectivity index (χ2v) is 6.05. The highest BCUT2D eigenvalue weighted by molar-refractivity contribution is 9.12. The lowest BCUT2D eigenvalue weighted by Gasteiger charge is -2.07. The molecule has 1 aromatic rings. The normalized spacial score (nSPS) is 11.9. The van der Waals surface area contributed by atoms with Crippen molar-refractivity contribution in [2.75, 3.05) is 19.0 Å². The van der Waals surface area contributed by atoms with Crippen molar-refractivity contribution in [3.8, 4) is 5.75 Å². The van der Waals surface area contributed by atoms with E-state index in [-0.39, 0.29) is 5.97 Å². The number of carbonyl (C=O) groups is 1. The van der Waals surface area contributed by atoms with Crippen molar-refractivity contribution in [2.24, 2.45) is 0 Å². The summed E-state index contributed by atoms with van der Waals surface area (Å²) in [4.78, 5) is 12.2. The molecule has 0 aliphatic carbocycles. The summed E-state index contributed by atoms with van der Waals surface area (Å²) in [6.45, 7) is 0.465. The molecule has 0 saturated heterocycles. The smallest absolute Gasteiger partial charge is 0.338 e. The fourth-order valence-corrected chi connectivity index (χ4v) is 2.17. The molecule has 106 valence electrons. The number of unbranched alkanes of at least 4 members (excludes halogenated alkanes) is 1. The molecule has 3 nitrogen and oxygen atoms in total. The lowest BCUT2D eigenvalue weighted by Crippen LogP contribution is -2.07. The molecular formula is C14H18Br2O3. The Balaban J connectivity index is 2.23. The zero-order valence-electron chi connectivity index (χ0n) is 10.9. The van der Waals surface area contributed by atoms with Crippen molar-refractivity contribution in [3.63, 3.8) is 0 Å². The third-order valence-electron chi connectivity index (χ3n) is 2.64. The Hall–Kier alpha value is -0.550. The number of ether oxygens (including phenoxy) is 2. The molecule has 1 atom stereocenters. The summed E-state index contributed by atoms with van der Waals surface area (Å²) in [7, 11) is 1.59. The highest BCUT2D eigenvalue weighted by Crippen LogP contribution is 2.14. The van der Waals surface area contributed by atoms with Crippen LogP contribution in [0.25, 0.3) is 0 Å². The molecule has 0 aliphatic heterocycles. The van der Waals surface area contributed by atoms with E-state index in [1.807, 2.05) is 0 Å². The molecule has 1 aromatic carbocycles. The molecule has 1 rings (SSSR count). The zero-order valence-corrected chi connectivity index (χ0v) is 14.1. The van der Waals surface area contributed by atoms with Gasteiger partial charge < -0.3 is 9.47 Å². The number of methoxy groups -OCH3 is 1. The monoisotopic (exact) mass is 392 g/mol. The zero-order chi connectivity index (χ0) is 14.1. The summed E-state index contributed by atoms with van der Waals surface area (Å²) in [5, 5.41) is 0.943. The van der Waals surface area contributed by atoms with E-state index >= 15 is 0 Å². The first kappa shape index (κ1) is 16.5. The molecule has 0 heterocycles. The number of hydrogen-bond acceptors (Lipinski definition) is 3. The van der Waals surface area contributed by atoms with E-state index in [9.17, 15) is 4.79 Å². The summed E-state index contributed by atoms with van der Waals surface area (Å²) >= 11 is 6.95. The van der Waals surface area contributed by atoms with Crippen LogP contribution < -0.4 is 4.74 Å². The molecule has 1 unspecified atom stereocenters. The number of hydrogen-bond donors (Lipinski definition) is 0. The molecule has 0 bridgehead atoms. The first-order chi connectivity index (χ1) is 9.17. The van der Waals surface area contributed by atoms with Crippen molar-refractivity contribution in [2.45, 2.75) is 24.1 Å². The minimum Gasteiger partial charge on any atom is -0.497 e. The molecule has 0 N–H and O–H groups in total. The highest BCUT2D eigenvalue weighted by atomic mass is 79.9. The van der Waals surface area contributed by atoms with Gasteiger partial charge in [-0.25, -0.2) is 4.79 Å². The summed E-state index contributed by atoms with van der Waals surface area (Å²) in [6.07, 6.45) is 3.00. The topological polar surface area (TPSA) is 35.5 Å². The van der Waals surface area contributed by atoms with Gasteiger partial charge in [0.1, 0.15) is 5.75 Å². The van der Waals surface area contributed by atoms with Crippen LogP contribution in [0.5, 0.6) is 5.75 Å². The first-order valence-corrected chi connectivity index (χ1v) is 8.22. The van der Waals surface area contributed by atoms with E-state index in [1.54, 1.807) is 31.4 Å². The Morgan fingerprint density at radius 1 is 1.26 bits per heavy atom. The third kappa shape index (κ3) is 6.43. The predicted octanol–water partition coefficient (Wildman–Crippen LogP) is 4.18. The van der Waals surface area contributed by atoms with Gasteiger partial charge in [-0.05, 0) is 43.5 Å². The van der Waals surface area contributed by atoms with Crippen LogP contribution in [-0.2, 0) is 4.74 Å². The van der Waals surface area contributed by atoms with E-state index < -0.39 is 0 Å². The predicted molar refractivity (Wildman–Crippen MR) is 83.6 cm³/mol. The summed E-state index contributed by atoms with van der Waals surface area (Å²) < 4.78 is 10.2. The molecule has 0 fully saturated rings. The van der Waals surface area contributed by atoms with Crippen LogP contribution in [0.2, 0.25) is 0 Å². The Labute approximate surface area is 130 Å². The SMILES string of the molecule is COc1ccc(C(=O)OCCCCC(Br)CBr)cc1. The van der Waals surface area contributed by atoms with Crippen molar-refractivity contribution < 1.29 is 14.3 Å². The van der Waals surface area contributed by atoms with Gasteiger partial charge in [0.15, 0.2) is 0 Å². The van der Waals surface area contributed by atoms with Crippen LogP contribution in [-0.4, -0.2) is 29.8 Å². The Kier molecular flexibility index (Phi) is 8.14. The Morgan fingerprint density at radius 2 is 1.95 bits per heavy atom. The maximum atomic E-state index is 11.7. The van der Waals surface area contributed by atoms with E-state index in [2.05, 4.69) is 31.9 Å². The number of rotatable bonds is 8. The second kappa shape index (κ2) is 9.37. The van der Waals surface area contributed by atoms with E-state index in [4.69, 9.17) is 9.47 Å². The number of alkyl halides is 2. The van der Waals surface area contributed by atoms with Gasteiger partial charge in [0.2, 0.25) is 0 Å². The van der Waals surface area contributed by atoms with Gasteiger partial charge in [0.25, 0.3) is 0 Å². The maximum Gasteiger partial charge on any atom is 0.338 e. The Morgan fingerprint density at radius 3 is 2.53 bits per heavy atom. The van der Waals surface area contributed by atoms with Crippen LogP contribution in [0.3, 0.4) is 0 Å². The highest BCUT2D eigenvalue weighted by Gasteiger charge is 2.07. The summed E-state index contributed by atoms with van der Waals surface area (Å²) in [5.74, 6) is 0.452. The van der Waals surface area contributed by atoms with Crippen molar-refractivity contribution >= 4 is 37.8 Å². The molecule has 0 spiro atoms. The Bertz CT molecular complexity index is 379. The average Bonchev–Trinajstić information content (AvgIpc) is 2.46. The minimum absolute atomic E-state index is 0.279. The first-order valence-electron chi connectivity index (χ1n) is 6.18.